The summed E-state index contributed by atoms with van der Waals surface area (Å²) in [6.07, 6.45) is 1.72. The molecule has 0 aliphatic rings. The number of nitrogens with zero attached hydrogens (tertiary/aromatic N) is 1. The smallest absolute Gasteiger partial charge is 0.329 e. The molecule has 1 aromatic rings. The van der Waals surface area contributed by atoms with Crippen molar-refractivity contribution in [1.82, 2.24) is 4.98 Å². The highest BCUT2D eigenvalue weighted by Crippen LogP contribution is 2.05. The predicted molar refractivity (Wildman–Crippen MR) is 55.9 cm³/mol. The molecule has 82 valence electrons. The van der Waals surface area contributed by atoms with Crippen LogP contribution in [0.15, 0.2) is 18.3 Å². The summed E-state index contributed by atoms with van der Waals surface area (Å²) >= 11 is 0. The molecule has 0 unspecified atom stereocenters. The Labute approximate surface area is 88.1 Å². The number of pyridine rings is 1. The Morgan fingerprint density at radius 1 is 1.67 bits per heavy atom. The number of aryl methyl sites for hydroxylation is 1. The lowest BCUT2D eigenvalue weighted by atomic mass is 10.3. The second kappa shape index (κ2) is 5.98. The zero-order valence-electron chi connectivity index (χ0n) is 8.56. The maximum absolute atomic E-state index is 10.1. The van der Waals surface area contributed by atoms with Crippen molar-refractivity contribution >= 4 is 11.7 Å². The van der Waals surface area contributed by atoms with Crippen LogP contribution in [0, 0.1) is 6.92 Å². The second-order valence-corrected chi connectivity index (χ2v) is 3.06. The van der Waals surface area contributed by atoms with Gasteiger partial charge in [0.25, 0.3) is 0 Å². The van der Waals surface area contributed by atoms with Gasteiger partial charge in [-0.1, -0.05) is 0 Å². The van der Waals surface area contributed by atoms with Crippen molar-refractivity contribution in [1.29, 1.82) is 0 Å². The van der Waals surface area contributed by atoms with Crippen molar-refractivity contribution in [2.75, 3.05) is 25.1 Å². The number of aliphatic carboxylic acids is 1. The number of hydrogen-bond acceptors (Lipinski definition) is 4. The van der Waals surface area contributed by atoms with Gasteiger partial charge in [0.2, 0.25) is 0 Å². The van der Waals surface area contributed by atoms with Crippen molar-refractivity contribution in [3.63, 3.8) is 0 Å². The van der Waals surface area contributed by atoms with E-state index in [9.17, 15) is 4.79 Å². The van der Waals surface area contributed by atoms with E-state index >= 15 is 0 Å². The molecule has 15 heavy (non-hydrogen) atoms. The summed E-state index contributed by atoms with van der Waals surface area (Å²) in [5, 5.41) is 11.4. The van der Waals surface area contributed by atoms with Crippen LogP contribution in [0.2, 0.25) is 0 Å². The number of carbonyl (C=O) groups is 1. The lowest BCUT2D eigenvalue weighted by molar-refractivity contribution is -0.142. The third-order valence-corrected chi connectivity index (χ3v) is 1.70. The fourth-order valence-electron chi connectivity index (χ4n) is 1.08. The van der Waals surface area contributed by atoms with Gasteiger partial charge in [0.1, 0.15) is 6.61 Å². The van der Waals surface area contributed by atoms with Crippen LogP contribution < -0.4 is 5.32 Å². The lowest BCUT2D eigenvalue weighted by Crippen LogP contribution is -2.14. The maximum atomic E-state index is 10.1. The number of rotatable bonds is 6. The van der Waals surface area contributed by atoms with Gasteiger partial charge in [0, 0.05) is 24.1 Å². The maximum Gasteiger partial charge on any atom is 0.329 e. The van der Waals surface area contributed by atoms with Crippen molar-refractivity contribution in [3.8, 4) is 0 Å². The van der Waals surface area contributed by atoms with E-state index < -0.39 is 5.97 Å². The van der Waals surface area contributed by atoms with Gasteiger partial charge in [0.05, 0.1) is 6.61 Å². The standard InChI is InChI=1S/C10H14N2O3/c1-8-6-9(2-3-11-8)12-4-5-15-7-10(13)14/h2-3,6H,4-5,7H2,1H3,(H,11,12)(H,13,14). The summed E-state index contributed by atoms with van der Waals surface area (Å²) in [5.74, 6) is -0.949. The first-order valence-corrected chi connectivity index (χ1v) is 4.64. The number of anilines is 1. The Kier molecular flexibility index (Phi) is 4.56. The molecule has 0 amide bonds. The minimum atomic E-state index is -0.949. The molecule has 0 bridgehead atoms. The number of carboxylic acids is 1. The minimum Gasteiger partial charge on any atom is -0.480 e. The van der Waals surface area contributed by atoms with Gasteiger partial charge in [-0.2, -0.15) is 0 Å². The van der Waals surface area contributed by atoms with Gasteiger partial charge in [-0.3, -0.25) is 4.98 Å². The molecule has 0 atom stereocenters. The van der Waals surface area contributed by atoms with E-state index in [2.05, 4.69) is 10.3 Å². The van der Waals surface area contributed by atoms with E-state index in [1.165, 1.54) is 0 Å². The van der Waals surface area contributed by atoms with E-state index in [0.29, 0.717) is 13.2 Å². The molecule has 0 saturated heterocycles. The minimum absolute atomic E-state index is 0.253. The molecule has 0 aromatic carbocycles. The van der Waals surface area contributed by atoms with Gasteiger partial charge in [-0.25, -0.2) is 4.79 Å². The van der Waals surface area contributed by atoms with Crippen LogP contribution in [0.3, 0.4) is 0 Å². The summed E-state index contributed by atoms with van der Waals surface area (Å²) in [4.78, 5) is 14.2. The molecule has 0 radical (unpaired) electrons. The summed E-state index contributed by atoms with van der Waals surface area (Å²) in [5.41, 5.74) is 1.90. The van der Waals surface area contributed by atoms with Crippen LogP contribution >= 0.6 is 0 Å². The molecule has 0 saturated carbocycles. The molecule has 1 heterocycles. The molecule has 2 N–H and O–H groups in total. The summed E-state index contributed by atoms with van der Waals surface area (Å²) in [6.45, 7) is 2.60. The van der Waals surface area contributed by atoms with Crippen molar-refractivity contribution in [2.24, 2.45) is 0 Å². The Hall–Kier alpha value is -1.62. The second-order valence-electron chi connectivity index (χ2n) is 3.06. The van der Waals surface area contributed by atoms with E-state index in [-0.39, 0.29) is 6.61 Å². The van der Waals surface area contributed by atoms with Crippen LogP contribution in [0.5, 0.6) is 0 Å². The third kappa shape index (κ3) is 4.97. The Morgan fingerprint density at radius 3 is 3.13 bits per heavy atom. The number of nitrogens with one attached hydrogen (secondary N) is 1. The van der Waals surface area contributed by atoms with Gasteiger partial charge in [0.15, 0.2) is 0 Å². The number of aromatic nitrogens is 1. The van der Waals surface area contributed by atoms with Crippen molar-refractivity contribution in [3.05, 3.63) is 24.0 Å². The molecule has 5 heteroatoms. The van der Waals surface area contributed by atoms with Crippen LogP contribution in [0.1, 0.15) is 5.69 Å². The first kappa shape index (κ1) is 11.5. The molecule has 0 aliphatic carbocycles. The van der Waals surface area contributed by atoms with Gasteiger partial charge in [-0.15, -0.1) is 0 Å². The van der Waals surface area contributed by atoms with E-state index in [1.54, 1.807) is 6.20 Å². The van der Waals surface area contributed by atoms with E-state index in [1.807, 2.05) is 19.1 Å². The van der Waals surface area contributed by atoms with Crippen molar-refractivity contribution < 1.29 is 14.6 Å². The summed E-state index contributed by atoms with van der Waals surface area (Å²) < 4.78 is 4.87. The number of ether oxygens (including phenoxy) is 1. The quantitative estimate of drug-likeness (QED) is 0.683. The number of hydrogen-bond donors (Lipinski definition) is 2. The molecule has 1 rings (SSSR count). The van der Waals surface area contributed by atoms with Crippen LogP contribution in [0.25, 0.3) is 0 Å². The van der Waals surface area contributed by atoms with Crippen LogP contribution in [-0.2, 0) is 9.53 Å². The van der Waals surface area contributed by atoms with Gasteiger partial charge in [-0.05, 0) is 19.1 Å². The predicted octanol–water partition coefficient (Wildman–Crippen LogP) is 0.903. The first-order chi connectivity index (χ1) is 7.18. The Balaban J connectivity index is 2.17. The van der Waals surface area contributed by atoms with E-state index in [0.717, 1.165) is 11.4 Å². The molecule has 0 fully saturated rings. The molecule has 1 aromatic heterocycles. The highest BCUT2D eigenvalue weighted by molar-refractivity contribution is 5.67. The molecule has 0 spiro atoms. The Bertz CT molecular complexity index is 328. The fraction of sp³-hybridized carbons (Fsp3) is 0.400. The summed E-state index contributed by atoms with van der Waals surface area (Å²) in [7, 11) is 0. The topological polar surface area (TPSA) is 71.5 Å². The van der Waals surface area contributed by atoms with E-state index in [4.69, 9.17) is 9.84 Å². The van der Waals surface area contributed by atoms with Gasteiger partial charge < -0.3 is 15.2 Å². The highest BCUT2D eigenvalue weighted by Gasteiger charge is 1.96. The number of carboxylic acid groups (broad SMARTS) is 1. The Morgan fingerprint density at radius 2 is 2.47 bits per heavy atom. The van der Waals surface area contributed by atoms with Crippen LogP contribution in [0.4, 0.5) is 5.69 Å². The zero-order chi connectivity index (χ0) is 11.1. The zero-order valence-corrected chi connectivity index (χ0v) is 8.56. The normalized spacial score (nSPS) is 9.93. The molecule has 0 aliphatic heterocycles. The SMILES string of the molecule is Cc1cc(NCCOCC(=O)O)ccn1. The molecular formula is C10H14N2O3. The fourth-order valence-corrected chi connectivity index (χ4v) is 1.08. The first-order valence-electron chi connectivity index (χ1n) is 4.64. The third-order valence-electron chi connectivity index (χ3n) is 1.70. The molecule has 5 nitrogen and oxygen atoms in total. The average Bonchev–Trinajstić information content (AvgIpc) is 2.17. The largest absolute Gasteiger partial charge is 0.480 e. The average molecular weight is 210 g/mol. The van der Waals surface area contributed by atoms with Crippen LogP contribution in [-0.4, -0.2) is 35.8 Å². The molecular weight excluding hydrogens is 196 g/mol. The lowest BCUT2D eigenvalue weighted by Gasteiger charge is -2.06. The van der Waals surface area contributed by atoms with Gasteiger partial charge >= 0.3 is 5.97 Å². The van der Waals surface area contributed by atoms with Crippen molar-refractivity contribution in [2.45, 2.75) is 6.92 Å². The highest BCUT2D eigenvalue weighted by atomic mass is 16.5. The summed E-state index contributed by atoms with van der Waals surface area (Å²) in [6, 6.07) is 3.77. The monoisotopic (exact) mass is 210 g/mol.